The van der Waals surface area contributed by atoms with Crippen LogP contribution in [-0.4, -0.2) is 14.4 Å². The second-order valence-corrected chi connectivity index (χ2v) is 13.6. The van der Waals surface area contributed by atoms with E-state index in [-0.39, 0.29) is 0 Å². The van der Waals surface area contributed by atoms with Gasteiger partial charge >= 0.3 is 0 Å². The summed E-state index contributed by atoms with van der Waals surface area (Å²) in [6, 6.07) is 47.9. The summed E-state index contributed by atoms with van der Waals surface area (Å²) >= 11 is 0. The zero-order chi connectivity index (χ0) is 32.5. The second kappa shape index (κ2) is 9.55. The quantitative estimate of drug-likeness (QED) is 0.177. The van der Waals surface area contributed by atoms with Gasteiger partial charge in [-0.25, -0.2) is 9.97 Å². The fourth-order valence-electron chi connectivity index (χ4n) is 8.82. The molecule has 0 radical (unpaired) electrons. The predicted octanol–water partition coefficient (Wildman–Crippen LogP) is 12.0. The highest BCUT2D eigenvalue weighted by Crippen LogP contribution is 2.45. The molecule has 0 N–H and O–H groups in total. The zero-order valence-corrected chi connectivity index (χ0v) is 26.9. The van der Waals surface area contributed by atoms with Gasteiger partial charge in [0, 0.05) is 60.6 Å². The molecule has 7 aromatic carbocycles. The van der Waals surface area contributed by atoms with Gasteiger partial charge in [0.05, 0.1) is 27.8 Å². The third-order valence-electron chi connectivity index (χ3n) is 11.0. The van der Waals surface area contributed by atoms with E-state index in [0.717, 1.165) is 74.1 Å². The Morgan fingerprint density at radius 1 is 0.520 bits per heavy atom. The SMILES string of the molecule is C1=C(c2nc(-c3ccccc3)c3ccc4ccccc4c3n2)CCc2oc3ccc4c(ccc5c6cccc7c8ccccc8n(c45)c76)c3c21. The van der Waals surface area contributed by atoms with Crippen LogP contribution in [0.15, 0.2) is 138 Å². The van der Waals surface area contributed by atoms with E-state index in [9.17, 15) is 0 Å². The second-order valence-electron chi connectivity index (χ2n) is 13.6. The number of rotatable bonds is 2. The summed E-state index contributed by atoms with van der Waals surface area (Å²) in [5.41, 5.74) is 10.0. The van der Waals surface area contributed by atoms with Crippen molar-refractivity contribution in [3.05, 3.63) is 151 Å². The van der Waals surface area contributed by atoms with Crippen LogP contribution in [0, 0.1) is 0 Å². The molecule has 11 aromatic rings. The first-order valence-electron chi connectivity index (χ1n) is 17.3. The van der Waals surface area contributed by atoms with E-state index in [0.29, 0.717) is 0 Å². The largest absolute Gasteiger partial charge is 0.460 e. The van der Waals surface area contributed by atoms with Gasteiger partial charge < -0.3 is 8.82 Å². The van der Waals surface area contributed by atoms with Crippen molar-refractivity contribution in [3.63, 3.8) is 0 Å². The van der Waals surface area contributed by atoms with Crippen LogP contribution in [0.5, 0.6) is 0 Å². The molecule has 0 spiro atoms. The number of nitrogens with zero attached hydrogens (tertiary/aromatic N) is 3. The van der Waals surface area contributed by atoms with Crippen LogP contribution < -0.4 is 0 Å². The van der Waals surface area contributed by atoms with Gasteiger partial charge in [0.15, 0.2) is 5.82 Å². The average Bonchev–Trinajstić information content (AvgIpc) is 3.84. The maximum absolute atomic E-state index is 6.61. The number of benzene rings is 7. The number of fused-ring (bicyclic) bond motifs is 15. The topological polar surface area (TPSA) is 43.3 Å². The summed E-state index contributed by atoms with van der Waals surface area (Å²) < 4.78 is 9.09. The van der Waals surface area contributed by atoms with Gasteiger partial charge in [-0.3, -0.25) is 0 Å². The molecule has 50 heavy (non-hydrogen) atoms. The number of hydrogen-bond acceptors (Lipinski definition) is 3. The normalized spacial score (nSPS) is 13.6. The van der Waals surface area contributed by atoms with Crippen LogP contribution in [0.25, 0.3) is 104 Å². The lowest BCUT2D eigenvalue weighted by Gasteiger charge is -2.15. The molecule has 12 rings (SSSR count). The molecule has 0 bridgehead atoms. The van der Waals surface area contributed by atoms with E-state index >= 15 is 0 Å². The molecular formula is C46H27N3O. The highest BCUT2D eigenvalue weighted by molar-refractivity contribution is 6.29. The van der Waals surface area contributed by atoms with Crippen molar-refractivity contribution in [1.82, 2.24) is 14.4 Å². The Balaban J connectivity index is 1.14. The predicted molar refractivity (Wildman–Crippen MR) is 207 cm³/mol. The molecule has 232 valence electrons. The molecule has 4 heteroatoms. The van der Waals surface area contributed by atoms with Crippen molar-refractivity contribution in [2.75, 3.05) is 0 Å². The molecule has 1 aliphatic rings. The zero-order valence-electron chi connectivity index (χ0n) is 26.9. The van der Waals surface area contributed by atoms with Gasteiger partial charge in [-0.05, 0) is 53.1 Å². The summed E-state index contributed by atoms with van der Waals surface area (Å²) in [4.78, 5) is 10.6. The van der Waals surface area contributed by atoms with Crippen LogP contribution in [0.2, 0.25) is 0 Å². The Bertz CT molecular complexity index is 3260. The lowest BCUT2D eigenvalue weighted by atomic mass is 9.92. The van der Waals surface area contributed by atoms with Crippen LogP contribution >= 0.6 is 0 Å². The first-order valence-corrected chi connectivity index (χ1v) is 17.3. The van der Waals surface area contributed by atoms with Crippen LogP contribution in [0.1, 0.15) is 23.6 Å². The first kappa shape index (κ1) is 26.4. The van der Waals surface area contributed by atoms with Gasteiger partial charge in [0.2, 0.25) is 0 Å². The molecule has 0 fully saturated rings. The van der Waals surface area contributed by atoms with Gasteiger partial charge in [0.1, 0.15) is 11.3 Å². The highest BCUT2D eigenvalue weighted by atomic mass is 16.3. The molecule has 0 atom stereocenters. The number of aryl methyl sites for hydroxylation is 1. The number of allylic oxidation sites excluding steroid dienone is 1. The molecule has 0 aliphatic heterocycles. The molecule has 0 saturated heterocycles. The molecule has 4 nitrogen and oxygen atoms in total. The number of para-hydroxylation sites is 2. The maximum atomic E-state index is 6.61. The summed E-state index contributed by atoms with van der Waals surface area (Å²) in [6.07, 6.45) is 3.91. The molecule has 1 aliphatic carbocycles. The number of furan rings is 1. The maximum Gasteiger partial charge on any atom is 0.156 e. The molecular weight excluding hydrogens is 611 g/mol. The standard InChI is InChI=1S/C46H27N3O/c1-2-10-27(11-3-1)42-36-19-17-26-9-4-5-12-29(26)43(36)48-46(47-42)28-18-23-39-37(25-28)41-31-20-21-35-33-15-8-14-32-30-13-6-7-16-38(30)49(44(32)33)45(35)34(31)22-24-40(41)50-39/h1-17,19-22,24-25H,18,23H2. The average molecular weight is 638 g/mol. The molecule has 0 saturated carbocycles. The molecule has 0 amide bonds. The van der Waals surface area contributed by atoms with Crippen molar-refractivity contribution in [1.29, 1.82) is 0 Å². The number of hydrogen-bond donors (Lipinski definition) is 0. The number of aromatic nitrogens is 3. The van der Waals surface area contributed by atoms with Crippen LogP contribution in [0.3, 0.4) is 0 Å². The van der Waals surface area contributed by atoms with Crippen molar-refractivity contribution in [3.8, 4) is 11.3 Å². The molecule has 0 unspecified atom stereocenters. The van der Waals surface area contributed by atoms with Crippen LogP contribution in [-0.2, 0) is 6.42 Å². The fourth-order valence-corrected chi connectivity index (χ4v) is 8.82. The third kappa shape index (κ3) is 3.40. The van der Waals surface area contributed by atoms with Crippen molar-refractivity contribution in [2.45, 2.75) is 12.8 Å². The minimum Gasteiger partial charge on any atom is -0.460 e. The lowest BCUT2D eigenvalue weighted by Crippen LogP contribution is -2.03. The lowest BCUT2D eigenvalue weighted by molar-refractivity contribution is 0.547. The van der Waals surface area contributed by atoms with Crippen molar-refractivity contribution in [2.24, 2.45) is 0 Å². The Labute approximate surface area is 285 Å². The first-order chi connectivity index (χ1) is 24.8. The Morgan fingerprint density at radius 2 is 1.20 bits per heavy atom. The van der Waals surface area contributed by atoms with Gasteiger partial charge in [-0.2, -0.15) is 0 Å². The third-order valence-corrected chi connectivity index (χ3v) is 11.0. The minimum atomic E-state index is 0.783. The Kier molecular flexibility index (Phi) is 5.05. The van der Waals surface area contributed by atoms with E-state index in [1.54, 1.807) is 0 Å². The van der Waals surface area contributed by atoms with Crippen molar-refractivity contribution >= 4 is 93.2 Å². The monoisotopic (exact) mass is 637 g/mol. The van der Waals surface area contributed by atoms with E-state index in [4.69, 9.17) is 14.4 Å². The highest BCUT2D eigenvalue weighted by Gasteiger charge is 2.25. The smallest absolute Gasteiger partial charge is 0.156 e. The fraction of sp³-hybridized carbons (Fsp3) is 0.0435. The summed E-state index contributed by atoms with van der Waals surface area (Å²) in [5, 5.41) is 12.2. The van der Waals surface area contributed by atoms with E-state index < -0.39 is 0 Å². The van der Waals surface area contributed by atoms with E-state index in [1.165, 1.54) is 54.3 Å². The summed E-state index contributed by atoms with van der Waals surface area (Å²) in [5.74, 6) is 1.81. The van der Waals surface area contributed by atoms with Crippen LogP contribution in [0.4, 0.5) is 0 Å². The molecule has 4 heterocycles. The van der Waals surface area contributed by atoms with E-state index in [1.807, 2.05) is 0 Å². The van der Waals surface area contributed by atoms with Crippen molar-refractivity contribution < 1.29 is 4.42 Å². The minimum absolute atomic E-state index is 0.783. The summed E-state index contributed by atoms with van der Waals surface area (Å²) in [7, 11) is 0. The summed E-state index contributed by atoms with van der Waals surface area (Å²) in [6.45, 7) is 0. The van der Waals surface area contributed by atoms with Gasteiger partial charge in [-0.15, -0.1) is 0 Å². The Hall–Kier alpha value is -6.52. The van der Waals surface area contributed by atoms with Gasteiger partial charge in [-0.1, -0.05) is 109 Å². The van der Waals surface area contributed by atoms with Gasteiger partial charge in [0.25, 0.3) is 0 Å². The van der Waals surface area contributed by atoms with E-state index in [2.05, 4.69) is 144 Å². The Morgan fingerprint density at radius 3 is 2.10 bits per heavy atom. The molecule has 4 aromatic heterocycles.